The minimum atomic E-state index is -0.445. The molecular formula is C16H25NO2. The van der Waals surface area contributed by atoms with Crippen LogP contribution in [-0.4, -0.2) is 17.6 Å². The molecular weight excluding hydrogens is 238 g/mol. The average Bonchev–Trinajstić information content (AvgIpc) is 2.28. The zero-order chi connectivity index (χ0) is 14.6. The standard InChI is InChI=1S/C16H25NO2/c1-7-13(15(18)17-16(4,5)6)19-14-10-8-9-11(2)12(14)3/h8-10,13H,7H2,1-6H3,(H,17,18)/t13-/m1/s1. The molecule has 0 aliphatic heterocycles. The Balaban J connectivity index is 2.82. The average molecular weight is 263 g/mol. The summed E-state index contributed by atoms with van der Waals surface area (Å²) >= 11 is 0. The van der Waals surface area contributed by atoms with E-state index in [1.165, 1.54) is 5.56 Å². The molecule has 1 aromatic carbocycles. The first-order chi connectivity index (χ1) is 8.74. The van der Waals surface area contributed by atoms with Gasteiger partial charge in [0.2, 0.25) is 0 Å². The van der Waals surface area contributed by atoms with Gasteiger partial charge >= 0.3 is 0 Å². The fourth-order valence-electron chi connectivity index (χ4n) is 1.78. The SMILES string of the molecule is CC[C@@H](Oc1cccc(C)c1C)C(=O)NC(C)(C)C. The van der Waals surface area contributed by atoms with Gasteiger partial charge in [0.1, 0.15) is 5.75 Å². The number of amides is 1. The third-order valence-corrected chi connectivity index (χ3v) is 2.99. The Labute approximate surface area is 116 Å². The highest BCUT2D eigenvalue weighted by Crippen LogP contribution is 2.22. The van der Waals surface area contributed by atoms with E-state index in [9.17, 15) is 4.79 Å². The number of ether oxygens (including phenoxy) is 1. The van der Waals surface area contributed by atoms with Gasteiger partial charge in [-0.15, -0.1) is 0 Å². The molecule has 0 fully saturated rings. The van der Waals surface area contributed by atoms with Gasteiger partial charge in [0, 0.05) is 5.54 Å². The molecule has 0 heterocycles. The smallest absolute Gasteiger partial charge is 0.261 e. The normalized spacial score (nSPS) is 12.9. The van der Waals surface area contributed by atoms with Crippen LogP contribution in [-0.2, 0) is 4.79 Å². The number of aryl methyl sites for hydroxylation is 1. The summed E-state index contributed by atoms with van der Waals surface area (Å²) in [6.45, 7) is 11.9. The number of rotatable bonds is 4. The third kappa shape index (κ3) is 4.58. The van der Waals surface area contributed by atoms with Gasteiger partial charge in [0.15, 0.2) is 6.10 Å². The van der Waals surface area contributed by atoms with Crippen molar-refractivity contribution in [2.45, 2.75) is 59.6 Å². The highest BCUT2D eigenvalue weighted by Gasteiger charge is 2.23. The Morgan fingerprint density at radius 1 is 1.32 bits per heavy atom. The van der Waals surface area contributed by atoms with E-state index < -0.39 is 6.10 Å². The van der Waals surface area contributed by atoms with Gasteiger partial charge in [-0.25, -0.2) is 0 Å². The van der Waals surface area contributed by atoms with E-state index in [2.05, 4.69) is 5.32 Å². The molecule has 1 aromatic rings. The monoisotopic (exact) mass is 263 g/mol. The summed E-state index contributed by atoms with van der Waals surface area (Å²) in [5.74, 6) is 0.729. The van der Waals surface area contributed by atoms with Crippen molar-refractivity contribution >= 4 is 5.91 Å². The molecule has 3 heteroatoms. The lowest BCUT2D eigenvalue weighted by atomic mass is 10.1. The van der Waals surface area contributed by atoms with Crippen LogP contribution in [0.1, 0.15) is 45.2 Å². The maximum absolute atomic E-state index is 12.2. The topological polar surface area (TPSA) is 38.3 Å². The summed E-state index contributed by atoms with van der Waals surface area (Å²) in [6.07, 6.45) is 0.203. The maximum Gasteiger partial charge on any atom is 0.261 e. The van der Waals surface area contributed by atoms with Gasteiger partial charge in [-0.3, -0.25) is 4.79 Å². The quantitative estimate of drug-likeness (QED) is 0.904. The van der Waals surface area contributed by atoms with Gasteiger partial charge in [-0.2, -0.15) is 0 Å². The predicted molar refractivity (Wildman–Crippen MR) is 78.5 cm³/mol. The molecule has 0 bridgehead atoms. The number of nitrogens with one attached hydrogen (secondary N) is 1. The lowest BCUT2D eigenvalue weighted by Gasteiger charge is -2.25. The van der Waals surface area contributed by atoms with Crippen LogP contribution in [0.5, 0.6) is 5.75 Å². The number of carbonyl (C=O) groups excluding carboxylic acids is 1. The molecule has 19 heavy (non-hydrogen) atoms. The van der Waals surface area contributed by atoms with E-state index in [0.29, 0.717) is 6.42 Å². The summed E-state index contributed by atoms with van der Waals surface area (Å²) in [4.78, 5) is 12.2. The lowest BCUT2D eigenvalue weighted by molar-refractivity contribution is -0.129. The van der Waals surface area contributed by atoms with Crippen molar-refractivity contribution in [1.82, 2.24) is 5.32 Å². The van der Waals surface area contributed by atoms with Crippen molar-refractivity contribution in [3.63, 3.8) is 0 Å². The van der Waals surface area contributed by atoms with Crippen molar-refractivity contribution in [3.05, 3.63) is 29.3 Å². The van der Waals surface area contributed by atoms with Crippen LogP contribution in [0.3, 0.4) is 0 Å². The molecule has 3 nitrogen and oxygen atoms in total. The Morgan fingerprint density at radius 3 is 2.47 bits per heavy atom. The summed E-state index contributed by atoms with van der Waals surface area (Å²) in [6, 6.07) is 5.90. The van der Waals surface area contributed by atoms with Crippen LogP contribution in [0.2, 0.25) is 0 Å². The van der Waals surface area contributed by atoms with E-state index in [-0.39, 0.29) is 11.4 Å². The van der Waals surface area contributed by atoms with E-state index in [0.717, 1.165) is 11.3 Å². The van der Waals surface area contributed by atoms with Crippen molar-refractivity contribution in [2.75, 3.05) is 0 Å². The molecule has 0 spiro atoms. The van der Waals surface area contributed by atoms with Crippen LogP contribution in [0.4, 0.5) is 0 Å². The highest BCUT2D eigenvalue weighted by molar-refractivity contribution is 5.81. The van der Waals surface area contributed by atoms with Crippen molar-refractivity contribution in [1.29, 1.82) is 0 Å². The van der Waals surface area contributed by atoms with Crippen LogP contribution >= 0.6 is 0 Å². The summed E-state index contributed by atoms with van der Waals surface area (Å²) < 4.78 is 5.87. The van der Waals surface area contributed by atoms with Crippen LogP contribution in [0, 0.1) is 13.8 Å². The van der Waals surface area contributed by atoms with Gasteiger partial charge in [0.25, 0.3) is 5.91 Å². The van der Waals surface area contributed by atoms with Gasteiger partial charge in [-0.05, 0) is 58.2 Å². The fourth-order valence-corrected chi connectivity index (χ4v) is 1.78. The summed E-state index contributed by atoms with van der Waals surface area (Å²) in [5, 5.41) is 2.96. The maximum atomic E-state index is 12.2. The second-order valence-corrected chi connectivity index (χ2v) is 5.95. The van der Waals surface area contributed by atoms with Crippen LogP contribution in [0.15, 0.2) is 18.2 Å². The molecule has 0 aromatic heterocycles. The first-order valence-electron chi connectivity index (χ1n) is 6.79. The molecule has 0 saturated heterocycles. The molecule has 1 N–H and O–H groups in total. The molecule has 0 aliphatic carbocycles. The number of hydrogen-bond acceptors (Lipinski definition) is 2. The van der Waals surface area contributed by atoms with Crippen molar-refractivity contribution < 1.29 is 9.53 Å². The van der Waals surface area contributed by atoms with Crippen molar-refractivity contribution in [3.8, 4) is 5.75 Å². The fraction of sp³-hybridized carbons (Fsp3) is 0.562. The highest BCUT2D eigenvalue weighted by atomic mass is 16.5. The Bertz CT molecular complexity index is 447. The van der Waals surface area contributed by atoms with Gasteiger partial charge in [0.05, 0.1) is 0 Å². The van der Waals surface area contributed by atoms with E-state index in [1.54, 1.807) is 0 Å². The molecule has 0 radical (unpaired) electrons. The second kappa shape index (κ2) is 6.09. The zero-order valence-electron chi connectivity index (χ0n) is 12.8. The molecule has 1 amide bonds. The lowest BCUT2D eigenvalue weighted by Crippen LogP contribution is -2.47. The minimum Gasteiger partial charge on any atom is -0.480 e. The van der Waals surface area contributed by atoms with Crippen LogP contribution < -0.4 is 10.1 Å². The third-order valence-electron chi connectivity index (χ3n) is 2.99. The molecule has 1 atom stereocenters. The van der Waals surface area contributed by atoms with E-state index >= 15 is 0 Å². The summed E-state index contributed by atoms with van der Waals surface area (Å²) in [5.41, 5.74) is 2.02. The Kier molecular flexibility index (Phi) is 4.98. The van der Waals surface area contributed by atoms with Crippen LogP contribution in [0.25, 0.3) is 0 Å². The molecule has 0 aliphatic rings. The Hall–Kier alpha value is -1.51. The number of benzene rings is 1. The molecule has 0 saturated carbocycles. The minimum absolute atomic E-state index is 0.0593. The second-order valence-electron chi connectivity index (χ2n) is 5.95. The van der Waals surface area contributed by atoms with E-state index in [1.807, 2.05) is 59.7 Å². The molecule has 106 valence electrons. The van der Waals surface area contributed by atoms with Crippen molar-refractivity contribution in [2.24, 2.45) is 0 Å². The zero-order valence-corrected chi connectivity index (χ0v) is 12.8. The predicted octanol–water partition coefficient (Wildman–Crippen LogP) is 3.38. The first kappa shape index (κ1) is 15.5. The number of carbonyl (C=O) groups is 1. The van der Waals surface area contributed by atoms with Gasteiger partial charge in [-0.1, -0.05) is 19.1 Å². The Morgan fingerprint density at radius 2 is 1.95 bits per heavy atom. The molecule has 1 rings (SSSR count). The molecule has 0 unspecified atom stereocenters. The number of hydrogen-bond donors (Lipinski definition) is 1. The van der Waals surface area contributed by atoms with Gasteiger partial charge < -0.3 is 10.1 Å². The first-order valence-corrected chi connectivity index (χ1v) is 6.79. The van der Waals surface area contributed by atoms with E-state index in [4.69, 9.17) is 4.74 Å². The largest absolute Gasteiger partial charge is 0.480 e. The summed E-state index contributed by atoms with van der Waals surface area (Å²) in [7, 11) is 0.